The number of carbonyl (C=O) groups is 2. The second-order valence-electron chi connectivity index (χ2n) is 16.6. The number of carbonyl (C=O) groups excluding carboxylic acids is 2. The lowest BCUT2D eigenvalue weighted by atomic mass is 9.79. The largest absolute Gasteiger partial charge is 0.458 e. The lowest BCUT2D eigenvalue weighted by molar-refractivity contribution is -0.591. The zero-order chi connectivity index (χ0) is 39.4. The molecule has 6 heterocycles. The van der Waals surface area contributed by atoms with E-state index in [1.54, 1.807) is 55.4 Å². The minimum Gasteiger partial charge on any atom is -0.458 e. The molecule has 24 heteroatoms. The van der Waals surface area contributed by atoms with Gasteiger partial charge in [-0.3, -0.25) is 0 Å². The number of ether oxygens (including phenoxy) is 2. The summed E-state index contributed by atoms with van der Waals surface area (Å²) in [7, 11) is 0. The summed E-state index contributed by atoms with van der Waals surface area (Å²) in [5.41, 5.74) is -4.07. The number of piperidine rings is 2. The van der Waals surface area contributed by atoms with Crippen LogP contribution in [0.25, 0.3) is 0 Å². The molecule has 0 bridgehead atoms. The third kappa shape index (κ3) is 4.56. The lowest BCUT2D eigenvalue weighted by Gasteiger charge is -2.51. The topological polar surface area (TPSA) is 335 Å². The number of rotatable bonds is 5. The second-order valence-corrected chi connectivity index (χ2v) is 16.6. The molecule has 0 radical (unpaired) electrons. The van der Waals surface area contributed by atoms with Gasteiger partial charge in [-0.05, 0) is 55.4 Å². The fourth-order valence-electron chi connectivity index (χ4n) is 8.01. The van der Waals surface area contributed by atoms with Crippen LogP contribution in [0.2, 0.25) is 0 Å². The number of hydrogen-bond donors (Lipinski definition) is 10. The fourth-order valence-corrected chi connectivity index (χ4v) is 8.01. The highest BCUT2D eigenvalue weighted by molar-refractivity contribution is 5.80. The first-order valence-corrected chi connectivity index (χ1v) is 16.0. The molecule has 6 fully saturated rings. The van der Waals surface area contributed by atoms with Crippen molar-refractivity contribution < 1.29 is 109 Å². The van der Waals surface area contributed by atoms with Crippen LogP contribution in [0.15, 0.2) is 0 Å². The van der Waals surface area contributed by atoms with Gasteiger partial charge in [0.1, 0.15) is 12.2 Å². The summed E-state index contributed by atoms with van der Waals surface area (Å²) in [5.74, 6) is -37.8. The van der Waals surface area contributed by atoms with E-state index in [1.165, 1.54) is 0 Å². The Labute approximate surface area is 293 Å². The third-order valence-corrected chi connectivity index (χ3v) is 10.6. The van der Waals surface area contributed by atoms with Gasteiger partial charge in [0.2, 0.25) is 0 Å². The first-order chi connectivity index (χ1) is 23.3. The van der Waals surface area contributed by atoms with Crippen molar-refractivity contribution in [2.75, 3.05) is 0 Å². The summed E-state index contributed by atoms with van der Waals surface area (Å²) in [4.78, 5) is 63.4. The SMILES string of the molecule is CC1(C)CC(OC(=O)C(O)(O)C2(O)OOC3(O)C2(O)OOC32OOC3(O)C(O)(C(=O)OC4CC(C)(C)N(O)C(C)(C)C4)OOC32O)CC(C)(C)N1O. The van der Waals surface area contributed by atoms with Crippen molar-refractivity contribution in [2.24, 2.45) is 0 Å². The van der Waals surface area contributed by atoms with Crippen LogP contribution in [0.3, 0.4) is 0 Å². The van der Waals surface area contributed by atoms with Crippen LogP contribution in [-0.4, -0.2) is 154 Å². The summed E-state index contributed by atoms with van der Waals surface area (Å²) in [5, 5.41) is 114. The van der Waals surface area contributed by atoms with E-state index >= 15 is 0 Å². The molecule has 0 amide bonds. The van der Waals surface area contributed by atoms with Gasteiger partial charge < -0.3 is 60.7 Å². The van der Waals surface area contributed by atoms with Gasteiger partial charge >= 0.3 is 58.2 Å². The third-order valence-electron chi connectivity index (χ3n) is 10.6. The minimum absolute atomic E-state index is 0.0459. The highest BCUT2D eigenvalue weighted by atomic mass is 17.4. The predicted octanol–water partition coefficient (Wildman–Crippen LogP) is -3.75. The molecule has 6 saturated heterocycles. The molecule has 6 aliphatic heterocycles. The molecule has 0 aromatic heterocycles. The highest BCUT2D eigenvalue weighted by Crippen LogP contribution is 2.68. The molecule has 0 aliphatic carbocycles. The van der Waals surface area contributed by atoms with Gasteiger partial charge in [0.15, 0.2) is 0 Å². The van der Waals surface area contributed by atoms with E-state index in [0.717, 1.165) is 10.1 Å². The van der Waals surface area contributed by atoms with Crippen molar-refractivity contribution in [2.45, 2.75) is 162 Å². The number of aliphatic hydroxyl groups is 8. The molecule has 7 unspecified atom stereocenters. The first-order valence-electron chi connectivity index (χ1n) is 16.0. The van der Waals surface area contributed by atoms with E-state index in [9.17, 15) is 60.9 Å². The van der Waals surface area contributed by atoms with E-state index in [4.69, 9.17) is 19.2 Å². The highest BCUT2D eigenvalue weighted by Gasteiger charge is 3.04. The number of hydrogen-bond acceptors (Lipinski definition) is 24. The van der Waals surface area contributed by atoms with Crippen LogP contribution >= 0.6 is 0 Å². The van der Waals surface area contributed by atoms with Crippen molar-refractivity contribution in [1.82, 2.24) is 10.1 Å². The summed E-state index contributed by atoms with van der Waals surface area (Å²) < 4.78 is 10.5. The van der Waals surface area contributed by atoms with Crippen LogP contribution in [0.4, 0.5) is 0 Å². The summed E-state index contributed by atoms with van der Waals surface area (Å²) in [6.45, 7) is 12.8. The van der Waals surface area contributed by atoms with Crippen molar-refractivity contribution in [3.63, 3.8) is 0 Å². The van der Waals surface area contributed by atoms with Crippen molar-refractivity contribution in [3.05, 3.63) is 0 Å². The van der Waals surface area contributed by atoms with E-state index in [0.29, 0.717) is 0 Å². The molecular formula is C28H44N2O22. The quantitative estimate of drug-likeness (QED) is 0.0731. The number of fused-ring (bicyclic) bond motifs is 4. The van der Waals surface area contributed by atoms with Crippen LogP contribution < -0.4 is 0 Å². The molecule has 6 rings (SSSR count). The summed E-state index contributed by atoms with van der Waals surface area (Å²) in [6, 6.07) is 0. The molecule has 6 aliphatic rings. The van der Waals surface area contributed by atoms with Crippen molar-refractivity contribution in [1.29, 1.82) is 0 Å². The number of nitrogens with zero attached hydrogens (tertiary/aromatic N) is 2. The zero-order valence-electron chi connectivity index (χ0n) is 29.2. The van der Waals surface area contributed by atoms with Gasteiger partial charge in [-0.2, -0.15) is 49.2 Å². The average Bonchev–Trinajstić information content (AvgIpc) is 3.56. The Kier molecular flexibility index (Phi) is 8.36. The predicted molar refractivity (Wildman–Crippen MR) is 150 cm³/mol. The van der Waals surface area contributed by atoms with Gasteiger partial charge in [-0.1, -0.05) is 0 Å². The number of esters is 2. The normalized spacial score (nSPS) is 46.0. The molecule has 10 N–H and O–H groups in total. The molecule has 1 spiro atoms. The second kappa shape index (κ2) is 10.9. The molecule has 52 heavy (non-hydrogen) atoms. The van der Waals surface area contributed by atoms with Crippen molar-refractivity contribution in [3.8, 4) is 0 Å². The Hall–Kier alpha value is -1.86. The molecule has 0 aromatic carbocycles. The zero-order valence-corrected chi connectivity index (χ0v) is 29.2. The van der Waals surface area contributed by atoms with E-state index in [-0.39, 0.29) is 25.7 Å². The summed E-state index contributed by atoms with van der Waals surface area (Å²) >= 11 is 0. The van der Waals surface area contributed by atoms with Gasteiger partial charge in [-0.15, -0.1) is 0 Å². The lowest BCUT2D eigenvalue weighted by Crippen LogP contribution is -2.79. The molecule has 24 nitrogen and oxygen atoms in total. The Bertz CT molecular complexity index is 1490. The molecule has 0 aromatic rings. The van der Waals surface area contributed by atoms with E-state index < -0.39 is 92.6 Å². The maximum absolute atomic E-state index is 13.4. The fraction of sp³-hybridized carbons (Fsp3) is 0.929. The smallest absolute Gasteiger partial charge is 0.376 e. The van der Waals surface area contributed by atoms with E-state index in [1.807, 2.05) is 0 Å². The van der Waals surface area contributed by atoms with Gasteiger partial charge in [0, 0.05) is 47.8 Å². The Morgan fingerprint density at radius 2 is 0.923 bits per heavy atom. The molecule has 0 saturated carbocycles. The van der Waals surface area contributed by atoms with Crippen LogP contribution in [0.1, 0.15) is 81.1 Å². The number of hydroxylamine groups is 4. The first kappa shape index (κ1) is 39.8. The standard InChI is InChI=1S/C28H44N2O22/c1-17(2)9-13(10-18(3,4)29(17)41)43-15(31)21(33,34)23(36)25(38)27(40,50-46-23)28(52-48-25)26(39)24(37,47-51-28)22(35,45-49-26)16(32)44-14-11-19(5,6)30(42)20(7,8)12-14/h13-14,33-42H,9-12H2,1-8H3. The maximum atomic E-state index is 13.4. The molecule has 7 atom stereocenters. The Morgan fingerprint density at radius 1 is 0.558 bits per heavy atom. The molecular weight excluding hydrogens is 716 g/mol. The van der Waals surface area contributed by atoms with E-state index in [2.05, 4.69) is 29.3 Å². The monoisotopic (exact) mass is 760 g/mol. The average molecular weight is 761 g/mol. The van der Waals surface area contributed by atoms with Crippen LogP contribution in [-0.2, 0) is 58.2 Å². The van der Waals surface area contributed by atoms with Crippen molar-refractivity contribution >= 4 is 11.9 Å². The maximum Gasteiger partial charge on any atom is 0.376 e. The Morgan fingerprint density at radius 3 is 1.38 bits per heavy atom. The minimum atomic E-state index is -4.48. The summed E-state index contributed by atoms with van der Waals surface area (Å²) in [6.07, 6.45) is -2.57. The van der Waals surface area contributed by atoms with Gasteiger partial charge in [-0.25, -0.2) is 9.59 Å². The van der Waals surface area contributed by atoms with Gasteiger partial charge in [0.05, 0.1) is 0 Å². The van der Waals surface area contributed by atoms with Crippen LogP contribution in [0.5, 0.6) is 0 Å². The van der Waals surface area contributed by atoms with Gasteiger partial charge in [0.25, 0.3) is 0 Å². The molecule has 298 valence electrons. The van der Waals surface area contributed by atoms with Crippen LogP contribution in [0, 0.1) is 0 Å². The Balaban J connectivity index is 1.26.